The van der Waals surface area contributed by atoms with Crippen molar-refractivity contribution < 1.29 is 14.2 Å². The molecule has 1 aromatic rings. The Morgan fingerprint density at radius 2 is 2.19 bits per heavy atom. The van der Waals surface area contributed by atoms with Crippen molar-refractivity contribution in [1.82, 2.24) is 10.6 Å². The summed E-state index contributed by atoms with van der Waals surface area (Å²) < 4.78 is 16.8. The molecule has 2 N–H and O–H groups in total. The highest BCUT2D eigenvalue weighted by Gasteiger charge is 2.15. The molecule has 1 fully saturated rings. The van der Waals surface area contributed by atoms with Gasteiger partial charge in [-0.15, -0.1) is 24.0 Å². The molecule has 7 heteroatoms. The lowest BCUT2D eigenvalue weighted by Crippen LogP contribution is -2.37. The van der Waals surface area contributed by atoms with Crippen LogP contribution in [-0.4, -0.2) is 52.6 Å². The van der Waals surface area contributed by atoms with Crippen LogP contribution in [0.5, 0.6) is 5.75 Å². The van der Waals surface area contributed by atoms with E-state index in [0.717, 1.165) is 63.1 Å². The van der Waals surface area contributed by atoms with Crippen molar-refractivity contribution in [1.29, 1.82) is 0 Å². The highest BCUT2D eigenvalue weighted by atomic mass is 127. The molecule has 0 aliphatic carbocycles. The maximum absolute atomic E-state index is 5.73. The fourth-order valence-electron chi connectivity index (χ4n) is 2.84. The van der Waals surface area contributed by atoms with Crippen molar-refractivity contribution in [2.45, 2.75) is 33.2 Å². The molecule has 1 aliphatic rings. The molecule has 1 saturated heterocycles. The minimum Gasteiger partial charge on any atom is -0.494 e. The molecule has 27 heavy (non-hydrogen) atoms. The van der Waals surface area contributed by atoms with Gasteiger partial charge in [0.05, 0.1) is 19.8 Å². The van der Waals surface area contributed by atoms with Crippen LogP contribution in [0.3, 0.4) is 0 Å². The molecule has 2 rings (SSSR count). The van der Waals surface area contributed by atoms with Crippen LogP contribution in [0.15, 0.2) is 23.2 Å². The third-order valence-corrected chi connectivity index (χ3v) is 4.33. The molecule has 0 spiro atoms. The summed E-state index contributed by atoms with van der Waals surface area (Å²) in [5.41, 5.74) is 2.33. The van der Waals surface area contributed by atoms with Crippen molar-refractivity contribution in [3.05, 3.63) is 29.3 Å². The summed E-state index contributed by atoms with van der Waals surface area (Å²) in [5.74, 6) is 2.29. The van der Waals surface area contributed by atoms with Gasteiger partial charge in [-0.1, -0.05) is 12.1 Å². The summed E-state index contributed by atoms with van der Waals surface area (Å²) in [6.45, 7) is 9.52. The quantitative estimate of drug-likeness (QED) is 0.228. The summed E-state index contributed by atoms with van der Waals surface area (Å²) in [7, 11) is 1.78. The van der Waals surface area contributed by atoms with E-state index in [2.05, 4.69) is 40.7 Å². The van der Waals surface area contributed by atoms with Gasteiger partial charge in [-0.2, -0.15) is 0 Å². The fourth-order valence-corrected chi connectivity index (χ4v) is 2.84. The predicted octanol–water partition coefficient (Wildman–Crippen LogP) is 3.12. The van der Waals surface area contributed by atoms with Crippen molar-refractivity contribution >= 4 is 29.9 Å². The third kappa shape index (κ3) is 9.12. The summed E-state index contributed by atoms with van der Waals surface area (Å²) in [4.78, 5) is 4.27. The van der Waals surface area contributed by atoms with E-state index in [1.165, 1.54) is 5.56 Å². The Balaban J connectivity index is 0.00000364. The van der Waals surface area contributed by atoms with Crippen LogP contribution in [-0.2, 0) is 16.0 Å². The largest absolute Gasteiger partial charge is 0.494 e. The van der Waals surface area contributed by atoms with Crippen LogP contribution in [0.2, 0.25) is 0 Å². The molecule has 0 saturated carbocycles. The normalized spacial score (nSPS) is 16.7. The Morgan fingerprint density at radius 3 is 2.89 bits per heavy atom. The van der Waals surface area contributed by atoms with Gasteiger partial charge in [0.2, 0.25) is 0 Å². The third-order valence-electron chi connectivity index (χ3n) is 4.33. The molecule has 1 atom stereocenters. The van der Waals surface area contributed by atoms with Gasteiger partial charge in [0.25, 0.3) is 0 Å². The number of guanidine groups is 1. The first-order chi connectivity index (χ1) is 12.7. The summed E-state index contributed by atoms with van der Waals surface area (Å²) >= 11 is 0. The number of hydrogen-bond donors (Lipinski definition) is 2. The van der Waals surface area contributed by atoms with Crippen LogP contribution >= 0.6 is 24.0 Å². The standard InChI is InChI=1S/C20H33N3O3.HI/c1-4-26-19-12-16(2)6-7-18(19)13-23-20(21-3)22-9-5-10-24-14-17-8-11-25-15-17;/h6-7,12,17H,4-5,8-11,13-15H2,1-3H3,(H2,21,22,23);1H. The topological polar surface area (TPSA) is 64.1 Å². The first-order valence-corrected chi connectivity index (χ1v) is 9.55. The zero-order valence-corrected chi connectivity index (χ0v) is 19.1. The van der Waals surface area contributed by atoms with E-state index in [1.54, 1.807) is 7.05 Å². The lowest BCUT2D eigenvalue weighted by Gasteiger charge is -2.15. The minimum absolute atomic E-state index is 0. The number of benzene rings is 1. The lowest BCUT2D eigenvalue weighted by molar-refractivity contribution is 0.0888. The molecule has 0 aromatic heterocycles. The maximum atomic E-state index is 5.73. The number of ether oxygens (including phenoxy) is 3. The number of aryl methyl sites for hydroxylation is 1. The molecule has 1 aromatic carbocycles. The second-order valence-corrected chi connectivity index (χ2v) is 6.55. The highest BCUT2D eigenvalue weighted by molar-refractivity contribution is 14.0. The number of hydrogen-bond acceptors (Lipinski definition) is 4. The minimum atomic E-state index is 0. The van der Waals surface area contributed by atoms with E-state index in [4.69, 9.17) is 14.2 Å². The number of halogens is 1. The van der Waals surface area contributed by atoms with Crippen LogP contribution < -0.4 is 15.4 Å². The van der Waals surface area contributed by atoms with Crippen molar-refractivity contribution in [2.24, 2.45) is 10.9 Å². The Kier molecular flexibility index (Phi) is 12.4. The summed E-state index contributed by atoms with van der Waals surface area (Å²) in [5, 5.41) is 6.67. The van der Waals surface area contributed by atoms with Crippen LogP contribution in [0.1, 0.15) is 30.9 Å². The number of nitrogens with one attached hydrogen (secondary N) is 2. The van der Waals surface area contributed by atoms with E-state index in [-0.39, 0.29) is 24.0 Å². The van der Waals surface area contributed by atoms with Crippen molar-refractivity contribution in [2.75, 3.05) is 46.6 Å². The van der Waals surface area contributed by atoms with E-state index in [0.29, 0.717) is 19.1 Å². The average Bonchev–Trinajstić information content (AvgIpc) is 3.15. The SMILES string of the molecule is CCOc1cc(C)ccc1CNC(=NC)NCCCOCC1CCOC1.I. The second kappa shape index (κ2) is 14.0. The Bertz CT molecular complexity index is 563. The average molecular weight is 491 g/mol. The zero-order valence-electron chi connectivity index (χ0n) is 16.8. The van der Waals surface area contributed by atoms with Gasteiger partial charge >= 0.3 is 0 Å². The van der Waals surface area contributed by atoms with E-state index >= 15 is 0 Å². The first kappa shape index (κ1) is 24.0. The van der Waals surface area contributed by atoms with Gasteiger partial charge in [0, 0.05) is 44.8 Å². The van der Waals surface area contributed by atoms with Crippen molar-refractivity contribution in [3.8, 4) is 5.75 Å². The van der Waals surface area contributed by atoms with Crippen LogP contribution in [0, 0.1) is 12.8 Å². The highest BCUT2D eigenvalue weighted by Crippen LogP contribution is 2.20. The first-order valence-electron chi connectivity index (χ1n) is 9.55. The smallest absolute Gasteiger partial charge is 0.191 e. The predicted molar refractivity (Wildman–Crippen MR) is 120 cm³/mol. The second-order valence-electron chi connectivity index (χ2n) is 6.55. The summed E-state index contributed by atoms with van der Waals surface area (Å²) in [6, 6.07) is 6.27. The van der Waals surface area contributed by atoms with E-state index < -0.39 is 0 Å². The number of nitrogens with zero attached hydrogens (tertiary/aromatic N) is 1. The molecule has 6 nitrogen and oxygen atoms in total. The number of rotatable bonds is 10. The number of aliphatic imine (C=N–C) groups is 1. The van der Waals surface area contributed by atoms with E-state index in [9.17, 15) is 0 Å². The molecule has 0 bridgehead atoms. The molecular weight excluding hydrogens is 457 g/mol. The lowest BCUT2D eigenvalue weighted by atomic mass is 10.1. The monoisotopic (exact) mass is 491 g/mol. The van der Waals surface area contributed by atoms with Gasteiger partial charge in [0.1, 0.15) is 5.75 Å². The van der Waals surface area contributed by atoms with Gasteiger partial charge in [-0.25, -0.2) is 0 Å². The van der Waals surface area contributed by atoms with Gasteiger partial charge in [-0.3, -0.25) is 4.99 Å². The molecule has 0 amide bonds. The molecule has 154 valence electrons. The van der Waals surface area contributed by atoms with Gasteiger partial charge < -0.3 is 24.8 Å². The molecule has 1 unspecified atom stereocenters. The Hall–Kier alpha value is -1.06. The van der Waals surface area contributed by atoms with Crippen LogP contribution in [0.25, 0.3) is 0 Å². The van der Waals surface area contributed by atoms with Gasteiger partial charge in [0.15, 0.2) is 5.96 Å². The molecule has 0 radical (unpaired) electrons. The molecular formula is C20H34IN3O3. The molecule has 1 heterocycles. The maximum Gasteiger partial charge on any atom is 0.191 e. The van der Waals surface area contributed by atoms with E-state index in [1.807, 2.05) is 6.92 Å². The Morgan fingerprint density at radius 1 is 1.33 bits per heavy atom. The fraction of sp³-hybridized carbons (Fsp3) is 0.650. The van der Waals surface area contributed by atoms with Crippen molar-refractivity contribution in [3.63, 3.8) is 0 Å². The van der Waals surface area contributed by atoms with Gasteiger partial charge in [-0.05, 0) is 38.3 Å². The molecule has 1 aliphatic heterocycles. The summed E-state index contributed by atoms with van der Waals surface area (Å²) in [6.07, 6.45) is 2.07. The van der Waals surface area contributed by atoms with Crippen LogP contribution in [0.4, 0.5) is 0 Å². The Labute approximate surface area is 180 Å². The zero-order chi connectivity index (χ0) is 18.6.